The summed E-state index contributed by atoms with van der Waals surface area (Å²) in [6.45, 7) is 8.60. The van der Waals surface area contributed by atoms with Gasteiger partial charge in [0.15, 0.2) is 5.82 Å². The van der Waals surface area contributed by atoms with Gasteiger partial charge in [-0.15, -0.1) is 0 Å². The van der Waals surface area contributed by atoms with E-state index < -0.39 is 0 Å². The smallest absolute Gasteiger partial charge is 0.219 e. The average Bonchev–Trinajstić information content (AvgIpc) is 2.95. The summed E-state index contributed by atoms with van der Waals surface area (Å²) in [6.07, 6.45) is 4.47. The van der Waals surface area contributed by atoms with E-state index in [2.05, 4.69) is 26.8 Å². The molecule has 0 bridgehead atoms. The summed E-state index contributed by atoms with van der Waals surface area (Å²) in [7, 11) is 0. The van der Waals surface area contributed by atoms with E-state index in [1.54, 1.807) is 0 Å². The van der Waals surface area contributed by atoms with Gasteiger partial charge in [-0.3, -0.25) is 4.79 Å². The molecule has 26 heavy (non-hydrogen) atoms. The van der Waals surface area contributed by atoms with Crippen LogP contribution in [0, 0.1) is 6.92 Å². The van der Waals surface area contributed by atoms with Gasteiger partial charge in [0.2, 0.25) is 5.91 Å². The second kappa shape index (κ2) is 10.1. The molecular formula is C19H31N5O2. The first-order chi connectivity index (χ1) is 12.6. The fourth-order valence-electron chi connectivity index (χ4n) is 2.92. The monoisotopic (exact) mass is 361 g/mol. The van der Waals surface area contributed by atoms with Crippen LogP contribution >= 0.6 is 0 Å². The Morgan fingerprint density at radius 3 is 2.81 bits per heavy atom. The van der Waals surface area contributed by atoms with E-state index in [1.807, 2.05) is 19.9 Å². The number of nitrogens with two attached hydrogens (primary N) is 1. The maximum Gasteiger partial charge on any atom is 0.219 e. The number of aryl methyl sites for hydroxylation is 2. The Morgan fingerprint density at radius 2 is 2.08 bits per heavy atom. The average molecular weight is 361 g/mol. The zero-order valence-electron chi connectivity index (χ0n) is 16.2. The lowest BCUT2D eigenvalue weighted by Gasteiger charge is -2.10. The van der Waals surface area contributed by atoms with Crippen molar-refractivity contribution in [3.05, 3.63) is 17.6 Å². The summed E-state index contributed by atoms with van der Waals surface area (Å²) >= 11 is 0. The second-order valence-corrected chi connectivity index (χ2v) is 6.49. The van der Waals surface area contributed by atoms with Gasteiger partial charge in [-0.05, 0) is 39.2 Å². The molecule has 2 aromatic rings. The molecule has 0 unspecified atom stereocenters. The van der Waals surface area contributed by atoms with Gasteiger partial charge < -0.3 is 20.4 Å². The third-order valence-corrected chi connectivity index (χ3v) is 4.29. The number of anilines is 1. The number of nitrogens with one attached hydrogen (secondary N) is 1. The van der Waals surface area contributed by atoms with Crippen molar-refractivity contribution in [2.24, 2.45) is 0 Å². The van der Waals surface area contributed by atoms with Crippen molar-refractivity contribution in [2.45, 2.75) is 66.0 Å². The highest BCUT2D eigenvalue weighted by atomic mass is 16.5. The van der Waals surface area contributed by atoms with Crippen LogP contribution in [-0.2, 0) is 22.7 Å². The lowest BCUT2D eigenvalue weighted by molar-refractivity contribution is -0.121. The predicted molar refractivity (Wildman–Crippen MR) is 104 cm³/mol. The Morgan fingerprint density at radius 1 is 1.27 bits per heavy atom. The maximum atomic E-state index is 11.7. The number of amides is 1. The van der Waals surface area contributed by atoms with Crippen molar-refractivity contribution < 1.29 is 9.53 Å². The SMILES string of the molecule is CCCCC(=O)NCCCCn1c(COCC)nc2c(N)nc(C)cc21. The molecule has 0 atom stereocenters. The van der Waals surface area contributed by atoms with E-state index in [4.69, 9.17) is 10.5 Å². The lowest BCUT2D eigenvalue weighted by Crippen LogP contribution is -2.24. The van der Waals surface area contributed by atoms with Crippen molar-refractivity contribution in [2.75, 3.05) is 18.9 Å². The number of imidazole rings is 1. The molecule has 0 aliphatic carbocycles. The number of rotatable bonds is 11. The van der Waals surface area contributed by atoms with Crippen LogP contribution in [0.3, 0.4) is 0 Å². The summed E-state index contributed by atoms with van der Waals surface area (Å²) in [5.74, 6) is 1.47. The molecule has 0 aromatic carbocycles. The normalized spacial score (nSPS) is 11.2. The lowest BCUT2D eigenvalue weighted by atomic mass is 10.2. The molecule has 0 aliphatic heterocycles. The maximum absolute atomic E-state index is 11.7. The quantitative estimate of drug-likeness (QED) is 0.600. The molecule has 7 heteroatoms. The topological polar surface area (TPSA) is 95.1 Å². The first-order valence-electron chi connectivity index (χ1n) is 9.53. The van der Waals surface area contributed by atoms with E-state index in [0.29, 0.717) is 32.0 Å². The van der Waals surface area contributed by atoms with Crippen molar-refractivity contribution >= 4 is 22.8 Å². The summed E-state index contributed by atoms with van der Waals surface area (Å²) in [5.41, 5.74) is 8.65. The molecule has 0 saturated carbocycles. The van der Waals surface area contributed by atoms with Gasteiger partial charge in [0, 0.05) is 31.8 Å². The van der Waals surface area contributed by atoms with Crippen molar-refractivity contribution in [3.63, 3.8) is 0 Å². The molecule has 0 spiro atoms. The van der Waals surface area contributed by atoms with Gasteiger partial charge in [0.05, 0.1) is 5.52 Å². The Bertz CT molecular complexity index is 726. The van der Waals surface area contributed by atoms with E-state index >= 15 is 0 Å². The van der Waals surface area contributed by atoms with Crippen molar-refractivity contribution in [1.29, 1.82) is 0 Å². The minimum absolute atomic E-state index is 0.145. The fourth-order valence-corrected chi connectivity index (χ4v) is 2.92. The molecule has 2 rings (SSSR count). The summed E-state index contributed by atoms with van der Waals surface area (Å²) in [4.78, 5) is 20.6. The van der Waals surface area contributed by atoms with Crippen LogP contribution < -0.4 is 11.1 Å². The third-order valence-electron chi connectivity index (χ3n) is 4.29. The minimum atomic E-state index is 0.145. The summed E-state index contributed by atoms with van der Waals surface area (Å²) in [5, 5.41) is 2.98. The zero-order chi connectivity index (χ0) is 18.9. The van der Waals surface area contributed by atoms with Gasteiger partial charge in [-0.2, -0.15) is 0 Å². The Labute approximate surface area is 155 Å². The van der Waals surface area contributed by atoms with Crippen LogP contribution in [-0.4, -0.2) is 33.6 Å². The highest BCUT2D eigenvalue weighted by molar-refractivity contribution is 5.85. The number of hydrogen-bond donors (Lipinski definition) is 2. The number of ether oxygens (including phenoxy) is 1. The predicted octanol–water partition coefficient (Wildman–Crippen LogP) is 2.95. The largest absolute Gasteiger partial charge is 0.382 e. The molecular weight excluding hydrogens is 330 g/mol. The van der Waals surface area contributed by atoms with Gasteiger partial charge in [0.25, 0.3) is 0 Å². The number of carbonyl (C=O) groups excluding carboxylic acids is 1. The van der Waals surface area contributed by atoms with E-state index in [9.17, 15) is 4.79 Å². The number of fused-ring (bicyclic) bond motifs is 1. The molecule has 0 fully saturated rings. The number of carbonyl (C=O) groups is 1. The number of nitrogen functional groups attached to an aromatic ring is 1. The zero-order valence-corrected chi connectivity index (χ0v) is 16.2. The van der Waals surface area contributed by atoms with Gasteiger partial charge >= 0.3 is 0 Å². The summed E-state index contributed by atoms with van der Waals surface area (Å²) in [6, 6.07) is 2.01. The molecule has 0 aliphatic rings. The van der Waals surface area contributed by atoms with Crippen molar-refractivity contribution in [1.82, 2.24) is 19.9 Å². The number of nitrogens with zero attached hydrogens (tertiary/aromatic N) is 3. The number of hydrogen-bond acceptors (Lipinski definition) is 5. The standard InChI is InChI=1S/C19H31N5O2/c1-4-6-9-17(25)21-10-7-8-11-24-15-12-14(3)22-19(20)18(15)23-16(24)13-26-5-2/h12H,4-11,13H2,1-3H3,(H2,20,22)(H,21,25). The van der Waals surface area contributed by atoms with Crippen LogP contribution in [0.1, 0.15) is 57.5 Å². The highest BCUT2D eigenvalue weighted by Gasteiger charge is 2.14. The van der Waals surface area contributed by atoms with Crippen LogP contribution in [0.25, 0.3) is 11.0 Å². The van der Waals surface area contributed by atoms with Crippen LogP contribution in [0.5, 0.6) is 0 Å². The van der Waals surface area contributed by atoms with Gasteiger partial charge in [-0.1, -0.05) is 13.3 Å². The van der Waals surface area contributed by atoms with Crippen molar-refractivity contribution in [3.8, 4) is 0 Å². The molecule has 0 radical (unpaired) electrons. The first kappa shape index (κ1) is 20.2. The number of pyridine rings is 1. The molecule has 144 valence electrons. The van der Waals surface area contributed by atoms with Crippen LogP contribution in [0.15, 0.2) is 6.07 Å². The van der Waals surface area contributed by atoms with E-state index in [0.717, 1.165) is 54.8 Å². The third kappa shape index (κ3) is 5.42. The molecule has 3 N–H and O–H groups in total. The Hall–Kier alpha value is -2.15. The number of aromatic nitrogens is 3. The van der Waals surface area contributed by atoms with Gasteiger partial charge in [-0.25, -0.2) is 9.97 Å². The minimum Gasteiger partial charge on any atom is -0.382 e. The van der Waals surface area contributed by atoms with E-state index in [1.165, 1.54) is 0 Å². The molecule has 2 aromatic heterocycles. The van der Waals surface area contributed by atoms with E-state index in [-0.39, 0.29) is 5.91 Å². The molecule has 7 nitrogen and oxygen atoms in total. The number of unbranched alkanes of at least 4 members (excludes halogenated alkanes) is 2. The molecule has 0 saturated heterocycles. The van der Waals surface area contributed by atoms with Crippen LogP contribution in [0.2, 0.25) is 0 Å². The first-order valence-corrected chi connectivity index (χ1v) is 9.53. The van der Waals surface area contributed by atoms with Gasteiger partial charge in [0.1, 0.15) is 17.9 Å². The molecule has 2 heterocycles. The second-order valence-electron chi connectivity index (χ2n) is 6.49. The summed E-state index contributed by atoms with van der Waals surface area (Å²) < 4.78 is 7.72. The Balaban J connectivity index is 1.99. The van der Waals surface area contributed by atoms with Crippen LogP contribution in [0.4, 0.5) is 5.82 Å². The fraction of sp³-hybridized carbons (Fsp3) is 0.632. The highest BCUT2D eigenvalue weighted by Crippen LogP contribution is 2.22. The molecule has 1 amide bonds. The Kier molecular flexibility index (Phi) is 7.84.